The average molecular weight is 289 g/mol. The zero-order valence-electron chi connectivity index (χ0n) is 11.2. The first-order valence-electron chi connectivity index (χ1n) is 7.38. The van der Waals surface area contributed by atoms with Gasteiger partial charge in [-0.2, -0.15) is 0 Å². The van der Waals surface area contributed by atoms with E-state index in [0.29, 0.717) is 0 Å². The van der Waals surface area contributed by atoms with Crippen molar-refractivity contribution in [2.75, 3.05) is 0 Å². The SMILES string of the molecule is CCCCCCCCC1CC(C)CCC1Br. The van der Waals surface area contributed by atoms with Crippen molar-refractivity contribution >= 4 is 15.9 Å². The number of hydrogen-bond acceptors (Lipinski definition) is 0. The standard InChI is InChI=1S/C15H29Br/c1-3-4-5-6-7-8-9-14-12-13(2)10-11-15(14)16/h13-15H,3-12H2,1-2H3. The van der Waals surface area contributed by atoms with Crippen LogP contribution in [0.1, 0.15) is 78.1 Å². The molecule has 1 rings (SSSR count). The molecule has 0 aromatic heterocycles. The first-order valence-corrected chi connectivity index (χ1v) is 8.29. The van der Waals surface area contributed by atoms with Crippen LogP contribution in [0.3, 0.4) is 0 Å². The summed E-state index contributed by atoms with van der Waals surface area (Å²) < 4.78 is 0. The van der Waals surface area contributed by atoms with Gasteiger partial charge in [0.1, 0.15) is 0 Å². The molecule has 1 aliphatic rings. The van der Waals surface area contributed by atoms with Crippen LogP contribution in [0.5, 0.6) is 0 Å². The van der Waals surface area contributed by atoms with E-state index in [1.807, 2.05) is 0 Å². The average Bonchev–Trinajstić information content (AvgIpc) is 2.28. The van der Waals surface area contributed by atoms with E-state index < -0.39 is 0 Å². The molecular weight excluding hydrogens is 260 g/mol. The highest BCUT2D eigenvalue weighted by Crippen LogP contribution is 2.36. The predicted molar refractivity (Wildman–Crippen MR) is 77.2 cm³/mol. The van der Waals surface area contributed by atoms with Crippen LogP contribution in [0.25, 0.3) is 0 Å². The van der Waals surface area contributed by atoms with Crippen molar-refractivity contribution in [1.29, 1.82) is 0 Å². The number of rotatable bonds is 7. The molecule has 0 saturated heterocycles. The number of unbranched alkanes of at least 4 members (excludes halogenated alkanes) is 5. The van der Waals surface area contributed by atoms with Gasteiger partial charge in [0.25, 0.3) is 0 Å². The maximum Gasteiger partial charge on any atom is 0.0174 e. The topological polar surface area (TPSA) is 0 Å². The molecule has 3 unspecified atom stereocenters. The summed E-state index contributed by atoms with van der Waals surface area (Å²) in [7, 11) is 0. The van der Waals surface area contributed by atoms with E-state index in [9.17, 15) is 0 Å². The lowest BCUT2D eigenvalue weighted by atomic mass is 9.80. The largest absolute Gasteiger partial charge is 0.0888 e. The van der Waals surface area contributed by atoms with Crippen molar-refractivity contribution in [3.63, 3.8) is 0 Å². The maximum atomic E-state index is 3.88. The number of hydrogen-bond donors (Lipinski definition) is 0. The van der Waals surface area contributed by atoms with E-state index in [0.717, 1.165) is 16.7 Å². The molecule has 0 heterocycles. The first kappa shape index (κ1) is 14.5. The van der Waals surface area contributed by atoms with Gasteiger partial charge in [-0.3, -0.25) is 0 Å². The lowest BCUT2D eigenvalue weighted by molar-refractivity contribution is 0.276. The Balaban J connectivity index is 2.02. The molecule has 16 heavy (non-hydrogen) atoms. The smallest absolute Gasteiger partial charge is 0.0174 e. The second-order valence-electron chi connectivity index (χ2n) is 5.75. The quantitative estimate of drug-likeness (QED) is 0.402. The molecule has 0 aromatic rings. The van der Waals surface area contributed by atoms with Crippen molar-refractivity contribution < 1.29 is 0 Å². The van der Waals surface area contributed by atoms with Crippen LogP contribution < -0.4 is 0 Å². The fraction of sp³-hybridized carbons (Fsp3) is 1.00. The molecule has 0 nitrogen and oxygen atoms in total. The molecule has 3 atom stereocenters. The molecule has 0 N–H and O–H groups in total. The Hall–Kier alpha value is 0.480. The van der Waals surface area contributed by atoms with Gasteiger partial charge < -0.3 is 0 Å². The van der Waals surface area contributed by atoms with Gasteiger partial charge in [-0.15, -0.1) is 0 Å². The second-order valence-corrected chi connectivity index (χ2v) is 6.93. The van der Waals surface area contributed by atoms with Crippen LogP contribution in [0.15, 0.2) is 0 Å². The number of alkyl halides is 1. The Morgan fingerprint density at radius 3 is 2.44 bits per heavy atom. The normalized spacial score (nSPS) is 30.6. The summed E-state index contributed by atoms with van der Waals surface area (Å²) in [5, 5.41) is 0. The molecule has 0 bridgehead atoms. The Bertz CT molecular complexity index is 167. The van der Waals surface area contributed by atoms with Gasteiger partial charge in [0.15, 0.2) is 0 Å². The highest BCUT2D eigenvalue weighted by atomic mass is 79.9. The van der Waals surface area contributed by atoms with E-state index in [2.05, 4.69) is 29.8 Å². The van der Waals surface area contributed by atoms with Gasteiger partial charge in [-0.05, 0) is 37.5 Å². The van der Waals surface area contributed by atoms with Crippen molar-refractivity contribution in [1.82, 2.24) is 0 Å². The van der Waals surface area contributed by atoms with Gasteiger partial charge in [0.05, 0.1) is 0 Å². The maximum absolute atomic E-state index is 3.88. The van der Waals surface area contributed by atoms with Crippen molar-refractivity contribution in [2.45, 2.75) is 82.9 Å². The monoisotopic (exact) mass is 288 g/mol. The van der Waals surface area contributed by atoms with E-state index >= 15 is 0 Å². The Kier molecular flexibility index (Phi) is 7.77. The summed E-state index contributed by atoms with van der Waals surface area (Å²) in [4.78, 5) is 0.819. The second kappa shape index (κ2) is 8.55. The van der Waals surface area contributed by atoms with Crippen LogP contribution in [0.4, 0.5) is 0 Å². The summed E-state index contributed by atoms with van der Waals surface area (Å²) in [6.45, 7) is 4.71. The summed E-state index contributed by atoms with van der Waals surface area (Å²) in [6, 6.07) is 0. The van der Waals surface area contributed by atoms with E-state index in [1.54, 1.807) is 0 Å². The Morgan fingerprint density at radius 1 is 1.00 bits per heavy atom. The van der Waals surface area contributed by atoms with E-state index in [1.165, 1.54) is 64.2 Å². The molecule has 0 aromatic carbocycles. The van der Waals surface area contributed by atoms with Gasteiger partial charge in [0.2, 0.25) is 0 Å². The molecular formula is C15H29Br. The fourth-order valence-electron chi connectivity index (χ4n) is 2.95. The fourth-order valence-corrected chi connectivity index (χ4v) is 3.69. The molecule has 96 valence electrons. The van der Waals surface area contributed by atoms with E-state index in [-0.39, 0.29) is 0 Å². The van der Waals surface area contributed by atoms with Gasteiger partial charge in [0, 0.05) is 4.83 Å². The molecule has 0 radical (unpaired) electrons. The highest BCUT2D eigenvalue weighted by molar-refractivity contribution is 9.09. The van der Waals surface area contributed by atoms with Crippen LogP contribution in [-0.2, 0) is 0 Å². The lowest BCUT2D eigenvalue weighted by Crippen LogP contribution is -2.23. The molecule has 1 aliphatic carbocycles. The van der Waals surface area contributed by atoms with Gasteiger partial charge in [-0.25, -0.2) is 0 Å². The minimum Gasteiger partial charge on any atom is -0.0888 e. The van der Waals surface area contributed by atoms with Gasteiger partial charge >= 0.3 is 0 Å². The summed E-state index contributed by atoms with van der Waals surface area (Å²) in [5.74, 6) is 1.94. The minimum atomic E-state index is 0.819. The lowest BCUT2D eigenvalue weighted by Gasteiger charge is -2.31. The van der Waals surface area contributed by atoms with E-state index in [4.69, 9.17) is 0 Å². The van der Waals surface area contributed by atoms with Crippen LogP contribution in [-0.4, -0.2) is 4.83 Å². The Labute approximate surface area is 111 Å². The van der Waals surface area contributed by atoms with Crippen LogP contribution in [0, 0.1) is 11.8 Å². The van der Waals surface area contributed by atoms with Crippen LogP contribution in [0.2, 0.25) is 0 Å². The van der Waals surface area contributed by atoms with Crippen molar-refractivity contribution in [2.24, 2.45) is 11.8 Å². The molecule has 1 fully saturated rings. The van der Waals surface area contributed by atoms with Crippen LogP contribution >= 0.6 is 15.9 Å². The third kappa shape index (κ3) is 5.70. The summed E-state index contributed by atoms with van der Waals surface area (Å²) in [5.41, 5.74) is 0. The molecule has 1 heteroatoms. The third-order valence-corrected chi connectivity index (χ3v) is 5.29. The third-order valence-electron chi connectivity index (χ3n) is 4.08. The first-order chi connectivity index (χ1) is 7.74. The minimum absolute atomic E-state index is 0.819. The molecule has 1 saturated carbocycles. The summed E-state index contributed by atoms with van der Waals surface area (Å²) in [6.07, 6.45) is 14.4. The summed E-state index contributed by atoms with van der Waals surface area (Å²) >= 11 is 3.88. The molecule has 0 aliphatic heterocycles. The highest BCUT2D eigenvalue weighted by Gasteiger charge is 2.25. The zero-order chi connectivity index (χ0) is 11.8. The number of halogens is 1. The van der Waals surface area contributed by atoms with Crippen molar-refractivity contribution in [3.8, 4) is 0 Å². The molecule has 0 amide bonds. The zero-order valence-corrected chi connectivity index (χ0v) is 12.8. The molecule has 0 spiro atoms. The van der Waals surface area contributed by atoms with Gasteiger partial charge in [-0.1, -0.05) is 68.3 Å². The Morgan fingerprint density at radius 2 is 1.69 bits per heavy atom. The van der Waals surface area contributed by atoms with Crippen molar-refractivity contribution in [3.05, 3.63) is 0 Å². The predicted octanol–water partition coefficient (Wildman–Crippen LogP) is 5.94.